The van der Waals surface area contributed by atoms with Gasteiger partial charge in [0.25, 0.3) is 5.91 Å². The van der Waals surface area contributed by atoms with Crippen LogP contribution in [-0.2, 0) is 16.1 Å². The Morgan fingerprint density at radius 1 is 0.906 bits per heavy atom. The summed E-state index contributed by atoms with van der Waals surface area (Å²) in [6.45, 7) is 0.339. The van der Waals surface area contributed by atoms with Crippen molar-refractivity contribution in [2.24, 2.45) is 0 Å². The molecule has 2 amide bonds. The van der Waals surface area contributed by atoms with Crippen LogP contribution in [-0.4, -0.2) is 28.9 Å². The lowest BCUT2D eigenvalue weighted by molar-refractivity contribution is -0.139. The molecule has 0 aliphatic rings. The van der Waals surface area contributed by atoms with Gasteiger partial charge >= 0.3 is 5.97 Å². The fourth-order valence-corrected chi connectivity index (χ4v) is 3.19. The van der Waals surface area contributed by atoms with Crippen LogP contribution in [0.15, 0.2) is 78.9 Å². The number of hydrogen-bond donors (Lipinski definition) is 3. The molecule has 0 saturated carbocycles. The Kier molecular flexibility index (Phi) is 7.83. The summed E-state index contributed by atoms with van der Waals surface area (Å²) in [6, 6.07) is 21.2. The molecule has 0 radical (unpaired) electrons. The average Bonchev–Trinajstić information content (AvgIpc) is 2.80. The molecule has 6 nitrogen and oxygen atoms in total. The van der Waals surface area contributed by atoms with E-state index < -0.39 is 29.6 Å². The molecule has 164 valence electrons. The molecule has 3 rings (SSSR count). The number of rotatable bonds is 9. The number of nitrogens with one attached hydrogen (secondary N) is 2. The van der Waals surface area contributed by atoms with Crippen LogP contribution in [0.3, 0.4) is 0 Å². The number of aliphatic carboxylic acids is 1. The van der Waals surface area contributed by atoms with Crippen LogP contribution in [0, 0.1) is 5.82 Å². The van der Waals surface area contributed by atoms with Gasteiger partial charge in [0.15, 0.2) is 0 Å². The Labute approximate surface area is 185 Å². The molecule has 0 unspecified atom stereocenters. The van der Waals surface area contributed by atoms with Gasteiger partial charge in [0.1, 0.15) is 11.9 Å². The summed E-state index contributed by atoms with van der Waals surface area (Å²) < 4.78 is 14.5. The second-order valence-electron chi connectivity index (χ2n) is 7.23. The molecule has 0 aliphatic heterocycles. The van der Waals surface area contributed by atoms with Gasteiger partial charge in [0.2, 0.25) is 5.91 Å². The van der Waals surface area contributed by atoms with E-state index in [4.69, 9.17) is 0 Å². The molecular formula is C25H23FN2O4. The molecule has 3 N–H and O–H groups in total. The summed E-state index contributed by atoms with van der Waals surface area (Å²) in [7, 11) is 0. The first-order valence-electron chi connectivity index (χ1n) is 10.1. The van der Waals surface area contributed by atoms with Gasteiger partial charge in [-0.25, -0.2) is 4.39 Å². The molecule has 0 aliphatic carbocycles. The second kappa shape index (κ2) is 11.0. The Balaban J connectivity index is 1.54. The number of halogens is 1. The number of carboxylic acids is 1. The van der Waals surface area contributed by atoms with E-state index >= 15 is 0 Å². The van der Waals surface area contributed by atoms with E-state index in [0.29, 0.717) is 17.7 Å². The second-order valence-corrected chi connectivity index (χ2v) is 7.23. The largest absolute Gasteiger partial charge is 0.480 e. The zero-order valence-electron chi connectivity index (χ0n) is 17.3. The maximum Gasteiger partial charge on any atom is 0.320 e. The van der Waals surface area contributed by atoms with Crippen LogP contribution in [0.5, 0.6) is 0 Å². The summed E-state index contributed by atoms with van der Waals surface area (Å²) in [5.41, 5.74) is 1.95. The van der Waals surface area contributed by atoms with Crippen molar-refractivity contribution in [3.05, 3.63) is 95.8 Å². The fourth-order valence-electron chi connectivity index (χ4n) is 3.19. The van der Waals surface area contributed by atoms with Crippen LogP contribution in [0.1, 0.15) is 28.8 Å². The lowest BCUT2D eigenvalue weighted by Gasteiger charge is -2.14. The van der Waals surface area contributed by atoms with Crippen LogP contribution in [0.2, 0.25) is 0 Å². The average molecular weight is 434 g/mol. The normalized spacial score (nSPS) is 11.5. The van der Waals surface area contributed by atoms with Gasteiger partial charge in [0.05, 0.1) is 0 Å². The first kappa shape index (κ1) is 22.8. The first-order chi connectivity index (χ1) is 15.4. The zero-order chi connectivity index (χ0) is 22.9. The van der Waals surface area contributed by atoms with Crippen LogP contribution >= 0.6 is 0 Å². The quantitative estimate of drug-likeness (QED) is 0.477. The van der Waals surface area contributed by atoms with Gasteiger partial charge in [-0.3, -0.25) is 19.7 Å². The van der Waals surface area contributed by atoms with Crippen molar-refractivity contribution in [1.82, 2.24) is 10.6 Å². The van der Waals surface area contributed by atoms with Gasteiger partial charge in [-0.05, 0) is 29.7 Å². The lowest BCUT2D eigenvalue weighted by atomic mass is 10.0. The Hall–Kier alpha value is -3.84. The maximum absolute atomic E-state index is 14.5. The minimum atomic E-state index is -1.08. The van der Waals surface area contributed by atoms with Gasteiger partial charge in [-0.1, -0.05) is 66.7 Å². The Morgan fingerprint density at radius 2 is 1.56 bits per heavy atom. The number of imide groups is 1. The Bertz CT molecular complexity index is 1090. The van der Waals surface area contributed by atoms with E-state index in [0.717, 1.165) is 11.6 Å². The molecule has 0 saturated heterocycles. The van der Waals surface area contributed by atoms with E-state index in [1.807, 2.05) is 36.4 Å². The number of carboxylic acid groups (broad SMARTS) is 1. The zero-order valence-corrected chi connectivity index (χ0v) is 17.3. The van der Waals surface area contributed by atoms with Crippen LogP contribution in [0.4, 0.5) is 4.39 Å². The topological polar surface area (TPSA) is 95.5 Å². The third-order valence-electron chi connectivity index (χ3n) is 4.92. The summed E-state index contributed by atoms with van der Waals surface area (Å²) in [5, 5.41) is 14.4. The molecule has 7 heteroatoms. The molecule has 1 atom stereocenters. The number of hydrogen-bond acceptors (Lipinski definition) is 4. The minimum Gasteiger partial charge on any atom is -0.480 e. The van der Waals surface area contributed by atoms with Gasteiger partial charge < -0.3 is 10.4 Å². The number of carbonyl (C=O) groups excluding carboxylic acids is 2. The third kappa shape index (κ3) is 6.33. The highest BCUT2D eigenvalue weighted by molar-refractivity contribution is 6.05. The predicted molar refractivity (Wildman–Crippen MR) is 118 cm³/mol. The van der Waals surface area contributed by atoms with Gasteiger partial charge in [0, 0.05) is 24.1 Å². The molecule has 0 spiro atoms. The summed E-state index contributed by atoms with van der Waals surface area (Å²) >= 11 is 0. The lowest BCUT2D eigenvalue weighted by Crippen LogP contribution is -2.38. The molecule has 32 heavy (non-hydrogen) atoms. The van der Waals surface area contributed by atoms with E-state index in [1.54, 1.807) is 24.3 Å². The smallest absolute Gasteiger partial charge is 0.320 e. The van der Waals surface area contributed by atoms with E-state index in [-0.39, 0.29) is 18.4 Å². The van der Waals surface area contributed by atoms with Crippen molar-refractivity contribution in [2.75, 3.05) is 0 Å². The van der Waals surface area contributed by atoms with Gasteiger partial charge in [-0.2, -0.15) is 0 Å². The molecule has 0 bridgehead atoms. The van der Waals surface area contributed by atoms with Crippen molar-refractivity contribution >= 4 is 17.8 Å². The molecule has 3 aromatic carbocycles. The molecular weight excluding hydrogens is 411 g/mol. The number of benzene rings is 3. The predicted octanol–water partition coefficient (Wildman–Crippen LogP) is 3.77. The highest BCUT2D eigenvalue weighted by Crippen LogP contribution is 2.23. The molecule has 0 aromatic heterocycles. The van der Waals surface area contributed by atoms with Crippen LogP contribution < -0.4 is 10.6 Å². The van der Waals surface area contributed by atoms with Crippen molar-refractivity contribution in [1.29, 1.82) is 0 Å². The van der Waals surface area contributed by atoms with Crippen molar-refractivity contribution in [2.45, 2.75) is 25.4 Å². The van der Waals surface area contributed by atoms with Crippen molar-refractivity contribution < 1.29 is 23.9 Å². The van der Waals surface area contributed by atoms with E-state index in [1.165, 1.54) is 12.1 Å². The number of amides is 2. The standard InChI is InChI=1S/C25H23FN2O4/c26-21-15-19(11-12-20(21)18-9-5-2-6-10-18)24(30)28-23(29)14-13-22(25(31)32)27-16-17-7-3-1-4-8-17/h1-12,15,22,27H,13-14,16H2,(H,31,32)(H,28,29,30)/t22-/m0/s1. The monoisotopic (exact) mass is 434 g/mol. The maximum atomic E-state index is 14.5. The minimum absolute atomic E-state index is 0.00257. The van der Waals surface area contributed by atoms with E-state index in [9.17, 15) is 23.9 Å². The summed E-state index contributed by atoms with van der Waals surface area (Å²) in [4.78, 5) is 35.9. The molecule has 0 heterocycles. The SMILES string of the molecule is O=C(CC[C@H](NCc1ccccc1)C(=O)O)NC(=O)c1ccc(-c2ccccc2)c(F)c1. The molecule has 0 fully saturated rings. The summed E-state index contributed by atoms with van der Waals surface area (Å²) in [5.74, 6) is -3.03. The van der Waals surface area contributed by atoms with Crippen LogP contribution in [0.25, 0.3) is 11.1 Å². The highest BCUT2D eigenvalue weighted by atomic mass is 19.1. The fraction of sp³-hybridized carbons (Fsp3) is 0.160. The Morgan fingerprint density at radius 3 is 2.19 bits per heavy atom. The van der Waals surface area contributed by atoms with Crippen molar-refractivity contribution in [3.63, 3.8) is 0 Å². The highest BCUT2D eigenvalue weighted by Gasteiger charge is 2.20. The number of carbonyl (C=O) groups is 3. The van der Waals surface area contributed by atoms with Gasteiger partial charge in [-0.15, -0.1) is 0 Å². The first-order valence-corrected chi connectivity index (χ1v) is 10.1. The van der Waals surface area contributed by atoms with Crippen molar-refractivity contribution in [3.8, 4) is 11.1 Å². The molecule has 3 aromatic rings. The third-order valence-corrected chi connectivity index (χ3v) is 4.92. The van der Waals surface area contributed by atoms with E-state index in [2.05, 4.69) is 10.6 Å². The summed E-state index contributed by atoms with van der Waals surface area (Å²) in [6.07, 6.45) is -0.169.